The molecule has 0 fully saturated rings. The van der Waals surface area contributed by atoms with Crippen molar-refractivity contribution in [3.8, 4) is 5.75 Å². The number of halogens is 1. The highest BCUT2D eigenvalue weighted by molar-refractivity contribution is 9.10. The highest BCUT2D eigenvalue weighted by Crippen LogP contribution is 2.45. The first-order valence-electron chi connectivity index (χ1n) is 7.16. The van der Waals surface area contributed by atoms with Gasteiger partial charge in [0.1, 0.15) is 23.2 Å². The molecule has 1 aliphatic heterocycles. The number of hydrogen-bond acceptors (Lipinski definition) is 6. The van der Waals surface area contributed by atoms with Crippen molar-refractivity contribution in [3.63, 3.8) is 0 Å². The lowest BCUT2D eigenvalue weighted by Gasteiger charge is -2.31. The molecule has 128 valence electrons. The van der Waals surface area contributed by atoms with Gasteiger partial charge in [-0.25, -0.2) is 4.79 Å². The molecule has 0 aliphatic carbocycles. The molecule has 24 heavy (non-hydrogen) atoms. The van der Waals surface area contributed by atoms with Crippen LogP contribution < -0.4 is 4.74 Å². The molecule has 7 heteroatoms. The predicted molar refractivity (Wildman–Crippen MR) is 88.4 cm³/mol. The van der Waals surface area contributed by atoms with Gasteiger partial charge in [0, 0.05) is 16.0 Å². The van der Waals surface area contributed by atoms with Gasteiger partial charge in [0.25, 0.3) is 0 Å². The molecule has 1 heterocycles. The maximum Gasteiger partial charge on any atom is 0.337 e. The summed E-state index contributed by atoms with van der Waals surface area (Å²) in [6.07, 6.45) is 0. The fraction of sp³-hybridized carbons (Fsp3) is 0.353. The van der Waals surface area contributed by atoms with Gasteiger partial charge in [-0.1, -0.05) is 15.9 Å². The van der Waals surface area contributed by atoms with Gasteiger partial charge in [-0.15, -0.1) is 0 Å². The summed E-state index contributed by atoms with van der Waals surface area (Å²) in [5, 5.41) is 0. The zero-order chi connectivity index (χ0) is 18.0. The smallest absolute Gasteiger partial charge is 0.337 e. The molecule has 2 atom stereocenters. The number of methoxy groups -OCH3 is 2. The van der Waals surface area contributed by atoms with Crippen molar-refractivity contribution >= 4 is 33.7 Å². The summed E-state index contributed by atoms with van der Waals surface area (Å²) in [5.41, 5.74) is 0.676. The van der Waals surface area contributed by atoms with Crippen LogP contribution in [0, 0.1) is 5.92 Å². The van der Waals surface area contributed by atoms with E-state index in [4.69, 9.17) is 14.2 Å². The number of allylic oxidation sites excluding steroid dienone is 1. The third-order valence-electron chi connectivity index (χ3n) is 3.89. The first-order valence-corrected chi connectivity index (χ1v) is 7.95. The summed E-state index contributed by atoms with van der Waals surface area (Å²) >= 11 is 3.36. The zero-order valence-corrected chi connectivity index (χ0v) is 15.3. The van der Waals surface area contributed by atoms with Crippen molar-refractivity contribution in [2.75, 3.05) is 14.2 Å². The Kier molecular flexibility index (Phi) is 5.43. The molecule has 2 rings (SSSR count). The van der Waals surface area contributed by atoms with E-state index in [1.807, 2.05) is 0 Å². The summed E-state index contributed by atoms with van der Waals surface area (Å²) in [6.45, 7) is 2.89. The Labute approximate surface area is 147 Å². The van der Waals surface area contributed by atoms with Gasteiger partial charge in [0.2, 0.25) is 0 Å². The van der Waals surface area contributed by atoms with Crippen LogP contribution in [0.15, 0.2) is 34.0 Å². The second-order valence-electron chi connectivity index (χ2n) is 5.33. The molecule has 0 bridgehead atoms. The van der Waals surface area contributed by atoms with Crippen LogP contribution in [-0.2, 0) is 23.9 Å². The second kappa shape index (κ2) is 7.17. The molecule has 0 aromatic heterocycles. The normalized spacial score (nSPS) is 17.5. The number of hydrogen-bond donors (Lipinski definition) is 0. The van der Waals surface area contributed by atoms with Gasteiger partial charge in [-0.3, -0.25) is 9.59 Å². The van der Waals surface area contributed by atoms with Crippen LogP contribution in [0.1, 0.15) is 25.3 Å². The number of carbonyl (C=O) groups is 3. The molecule has 0 radical (unpaired) electrons. The number of carbonyl (C=O) groups excluding carboxylic acids is 3. The van der Waals surface area contributed by atoms with Crippen LogP contribution in [0.4, 0.5) is 0 Å². The molecule has 0 amide bonds. The number of esters is 2. The van der Waals surface area contributed by atoms with Crippen molar-refractivity contribution in [1.29, 1.82) is 0 Å². The second-order valence-corrected chi connectivity index (χ2v) is 6.25. The Morgan fingerprint density at radius 1 is 1.21 bits per heavy atom. The summed E-state index contributed by atoms with van der Waals surface area (Å²) < 4.78 is 16.0. The standard InChI is InChI=1S/C17H17BrO6/c1-8(19)13(16(20)22-3)15-11-7-10(18)5-6-12(11)24-9(2)14(15)17(21)23-4/h5-7,13,15H,1-4H3/t13-,15+/m1/s1. The Morgan fingerprint density at radius 2 is 1.88 bits per heavy atom. The lowest BCUT2D eigenvalue weighted by atomic mass is 9.76. The minimum atomic E-state index is -1.17. The molecule has 0 saturated carbocycles. The van der Waals surface area contributed by atoms with Gasteiger partial charge in [-0.2, -0.15) is 0 Å². The first kappa shape index (κ1) is 18.2. The number of ketones is 1. The maximum absolute atomic E-state index is 12.3. The molecule has 0 saturated heterocycles. The number of ether oxygens (including phenoxy) is 3. The highest BCUT2D eigenvalue weighted by Gasteiger charge is 2.44. The minimum absolute atomic E-state index is 0.133. The Balaban J connectivity index is 2.73. The van der Waals surface area contributed by atoms with E-state index in [1.54, 1.807) is 25.1 Å². The van der Waals surface area contributed by atoms with Crippen LogP contribution in [0.2, 0.25) is 0 Å². The lowest BCUT2D eigenvalue weighted by molar-refractivity contribution is -0.149. The Hall–Kier alpha value is -2.15. The van der Waals surface area contributed by atoms with Gasteiger partial charge in [0.05, 0.1) is 19.8 Å². The summed E-state index contributed by atoms with van der Waals surface area (Å²) in [7, 11) is 2.44. The molecule has 1 aromatic rings. The summed E-state index contributed by atoms with van der Waals surface area (Å²) in [5.74, 6) is -3.03. The minimum Gasteiger partial charge on any atom is -0.468 e. The fourth-order valence-corrected chi connectivity index (χ4v) is 3.22. The molecule has 1 aliphatic rings. The van der Waals surface area contributed by atoms with E-state index < -0.39 is 29.6 Å². The van der Waals surface area contributed by atoms with Gasteiger partial charge < -0.3 is 14.2 Å². The zero-order valence-electron chi connectivity index (χ0n) is 13.7. The van der Waals surface area contributed by atoms with Crippen LogP contribution in [0.5, 0.6) is 5.75 Å². The van der Waals surface area contributed by atoms with Crippen molar-refractivity contribution in [3.05, 3.63) is 39.6 Å². The number of benzene rings is 1. The van der Waals surface area contributed by atoms with Crippen LogP contribution >= 0.6 is 15.9 Å². The number of Topliss-reactive ketones (excluding diaryl/α,β-unsaturated/α-hetero) is 1. The van der Waals surface area contributed by atoms with Gasteiger partial charge >= 0.3 is 11.9 Å². The van der Waals surface area contributed by atoms with Gasteiger partial charge in [0.15, 0.2) is 0 Å². The van der Waals surface area contributed by atoms with E-state index in [-0.39, 0.29) is 11.3 Å². The third-order valence-corrected chi connectivity index (χ3v) is 4.39. The van der Waals surface area contributed by atoms with E-state index in [0.717, 1.165) is 4.47 Å². The van der Waals surface area contributed by atoms with E-state index in [2.05, 4.69) is 15.9 Å². The fourth-order valence-electron chi connectivity index (χ4n) is 2.84. The van der Waals surface area contributed by atoms with Crippen molar-refractivity contribution in [2.45, 2.75) is 19.8 Å². The molecule has 1 aromatic carbocycles. The average molecular weight is 397 g/mol. The largest absolute Gasteiger partial charge is 0.468 e. The summed E-state index contributed by atoms with van der Waals surface area (Å²) in [4.78, 5) is 36.7. The summed E-state index contributed by atoms with van der Waals surface area (Å²) in [6, 6.07) is 5.19. The molecule has 0 N–H and O–H groups in total. The third kappa shape index (κ3) is 3.21. The molecule has 6 nitrogen and oxygen atoms in total. The maximum atomic E-state index is 12.3. The average Bonchev–Trinajstić information content (AvgIpc) is 2.54. The van der Waals surface area contributed by atoms with Crippen molar-refractivity contribution in [1.82, 2.24) is 0 Å². The van der Waals surface area contributed by atoms with E-state index in [9.17, 15) is 14.4 Å². The van der Waals surface area contributed by atoms with Crippen molar-refractivity contribution in [2.24, 2.45) is 5.92 Å². The number of rotatable bonds is 4. The van der Waals surface area contributed by atoms with E-state index in [1.165, 1.54) is 21.1 Å². The Bertz CT molecular complexity index is 737. The first-order chi connectivity index (χ1) is 11.3. The molecular weight excluding hydrogens is 380 g/mol. The molecule has 0 spiro atoms. The van der Waals surface area contributed by atoms with Crippen molar-refractivity contribution < 1.29 is 28.6 Å². The van der Waals surface area contributed by atoms with Crippen LogP contribution in [0.25, 0.3) is 0 Å². The quantitative estimate of drug-likeness (QED) is 0.574. The predicted octanol–water partition coefficient (Wildman–Crippen LogP) is 2.75. The van der Waals surface area contributed by atoms with Gasteiger partial charge in [-0.05, 0) is 32.0 Å². The number of fused-ring (bicyclic) bond motifs is 1. The SMILES string of the molecule is COC(=O)C1=C(C)Oc2ccc(Br)cc2[C@H]1[C@@H](C(C)=O)C(=O)OC. The Morgan fingerprint density at radius 3 is 2.42 bits per heavy atom. The molecule has 0 unspecified atom stereocenters. The van der Waals surface area contributed by atoms with Crippen LogP contribution in [0.3, 0.4) is 0 Å². The van der Waals surface area contributed by atoms with E-state index >= 15 is 0 Å². The molecular formula is C17H17BrO6. The topological polar surface area (TPSA) is 78.9 Å². The monoisotopic (exact) mass is 396 g/mol. The lowest BCUT2D eigenvalue weighted by Crippen LogP contribution is -2.35. The van der Waals surface area contributed by atoms with Crippen LogP contribution in [-0.4, -0.2) is 31.9 Å². The highest BCUT2D eigenvalue weighted by atomic mass is 79.9. The van der Waals surface area contributed by atoms with E-state index in [0.29, 0.717) is 11.3 Å².